The van der Waals surface area contributed by atoms with E-state index < -0.39 is 15.8 Å². The summed E-state index contributed by atoms with van der Waals surface area (Å²) in [6.45, 7) is 4.06. The van der Waals surface area contributed by atoms with Gasteiger partial charge in [0.2, 0.25) is 21.1 Å². The molecule has 0 atom stereocenters. The molecule has 0 saturated heterocycles. The maximum atomic E-state index is 12.9. The largest absolute Gasteiger partial charge is 0.300 e. The molecule has 0 unspecified atom stereocenters. The van der Waals surface area contributed by atoms with E-state index in [1.807, 2.05) is 0 Å². The van der Waals surface area contributed by atoms with Crippen LogP contribution in [0.25, 0.3) is 0 Å². The number of carbonyl (C=O) groups excluding carboxylic acids is 1. The summed E-state index contributed by atoms with van der Waals surface area (Å²) in [7, 11) is -3.78. The summed E-state index contributed by atoms with van der Waals surface area (Å²) < 4.78 is 39.3. The van der Waals surface area contributed by atoms with Crippen molar-refractivity contribution in [1.29, 1.82) is 0 Å². The average Bonchev–Trinajstić information content (AvgIpc) is 3.04. The Labute approximate surface area is 156 Å². The van der Waals surface area contributed by atoms with Crippen molar-refractivity contribution >= 4 is 32.4 Å². The highest BCUT2D eigenvalue weighted by atomic mass is 32.2. The van der Waals surface area contributed by atoms with Crippen molar-refractivity contribution in [2.75, 3.05) is 11.9 Å². The van der Waals surface area contributed by atoms with Crippen LogP contribution in [0.5, 0.6) is 0 Å². The second-order valence-electron chi connectivity index (χ2n) is 5.61. The molecule has 26 heavy (non-hydrogen) atoms. The second kappa shape index (κ2) is 9.15. The van der Waals surface area contributed by atoms with Crippen LogP contribution in [-0.4, -0.2) is 31.1 Å². The molecule has 2 aromatic rings. The SMILES string of the molecule is CCC(CC)c1nnc(NC(=O)CCNS(=O)(=O)c2ccc(F)cc2)s1. The number of benzene rings is 1. The lowest BCUT2D eigenvalue weighted by Gasteiger charge is -2.07. The molecule has 2 N–H and O–H groups in total. The third-order valence-electron chi connectivity index (χ3n) is 3.79. The first-order chi connectivity index (χ1) is 12.4. The topological polar surface area (TPSA) is 101 Å². The van der Waals surface area contributed by atoms with Crippen LogP contribution < -0.4 is 10.0 Å². The first kappa shape index (κ1) is 20.4. The average molecular weight is 401 g/mol. The van der Waals surface area contributed by atoms with Crippen LogP contribution in [0.1, 0.15) is 44.0 Å². The summed E-state index contributed by atoms with van der Waals surface area (Å²) in [5.41, 5.74) is 0. The van der Waals surface area contributed by atoms with Crippen molar-refractivity contribution in [2.24, 2.45) is 0 Å². The van der Waals surface area contributed by atoms with Gasteiger partial charge in [0.1, 0.15) is 10.8 Å². The normalized spacial score (nSPS) is 11.7. The Hall–Kier alpha value is -1.91. The van der Waals surface area contributed by atoms with Gasteiger partial charge in [0, 0.05) is 18.9 Å². The molecule has 0 aliphatic rings. The lowest BCUT2D eigenvalue weighted by molar-refractivity contribution is -0.116. The maximum Gasteiger partial charge on any atom is 0.240 e. The van der Waals surface area contributed by atoms with Crippen molar-refractivity contribution < 1.29 is 17.6 Å². The molecule has 0 fully saturated rings. The monoisotopic (exact) mass is 400 g/mol. The van der Waals surface area contributed by atoms with E-state index in [1.165, 1.54) is 23.5 Å². The van der Waals surface area contributed by atoms with E-state index in [4.69, 9.17) is 0 Å². The summed E-state index contributed by atoms with van der Waals surface area (Å²) in [6.07, 6.45) is 1.84. The summed E-state index contributed by atoms with van der Waals surface area (Å²) in [6, 6.07) is 4.46. The highest BCUT2D eigenvalue weighted by Gasteiger charge is 2.16. The molecule has 0 saturated carbocycles. The van der Waals surface area contributed by atoms with E-state index in [0.29, 0.717) is 11.0 Å². The second-order valence-corrected chi connectivity index (χ2v) is 8.38. The maximum absolute atomic E-state index is 12.9. The number of carbonyl (C=O) groups is 1. The molecule has 0 aliphatic heterocycles. The Morgan fingerprint density at radius 1 is 1.19 bits per heavy atom. The highest BCUT2D eigenvalue weighted by molar-refractivity contribution is 7.89. The molecule has 0 bridgehead atoms. The number of nitrogens with zero attached hydrogens (tertiary/aromatic N) is 2. The molecule has 1 amide bonds. The predicted octanol–water partition coefficient (Wildman–Crippen LogP) is 2.89. The molecule has 2 rings (SSSR count). The Kier molecular flexibility index (Phi) is 7.18. The van der Waals surface area contributed by atoms with Gasteiger partial charge in [0.05, 0.1) is 4.90 Å². The molecule has 1 heterocycles. The Morgan fingerprint density at radius 3 is 2.46 bits per heavy atom. The van der Waals surface area contributed by atoms with Gasteiger partial charge in [-0.3, -0.25) is 4.79 Å². The molecule has 142 valence electrons. The summed E-state index contributed by atoms with van der Waals surface area (Å²) in [5, 5.41) is 11.9. The molecule has 1 aromatic carbocycles. The van der Waals surface area contributed by atoms with Gasteiger partial charge in [0.15, 0.2) is 0 Å². The zero-order chi connectivity index (χ0) is 19.2. The van der Waals surface area contributed by atoms with Crippen LogP contribution in [0, 0.1) is 5.82 Å². The number of sulfonamides is 1. The van der Waals surface area contributed by atoms with Gasteiger partial charge in [-0.1, -0.05) is 25.2 Å². The quantitative estimate of drug-likeness (QED) is 0.674. The van der Waals surface area contributed by atoms with Gasteiger partial charge >= 0.3 is 0 Å². The fourth-order valence-corrected chi connectivity index (χ4v) is 4.32. The third-order valence-corrected chi connectivity index (χ3v) is 6.27. The minimum atomic E-state index is -3.78. The number of anilines is 1. The summed E-state index contributed by atoms with van der Waals surface area (Å²) >= 11 is 1.33. The van der Waals surface area contributed by atoms with E-state index >= 15 is 0 Å². The minimum absolute atomic E-state index is 0.0552. The lowest BCUT2D eigenvalue weighted by atomic mass is 10.1. The van der Waals surface area contributed by atoms with Gasteiger partial charge in [-0.2, -0.15) is 0 Å². The molecule has 1 aromatic heterocycles. The predicted molar refractivity (Wildman–Crippen MR) is 98.1 cm³/mol. The van der Waals surface area contributed by atoms with Crippen LogP contribution in [0.4, 0.5) is 9.52 Å². The van der Waals surface area contributed by atoms with Crippen molar-refractivity contribution in [2.45, 2.75) is 43.9 Å². The molecular weight excluding hydrogens is 379 g/mol. The molecule has 7 nitrogen and oxygen atoms in total. The number of halogens is 1. The summed E-state index contributed by atoms with van der Waals surface area (Å²) in [4.78, 5) is 11.9. The standard InChI is InChI=1S/C16H21FN4O3S2/c1-3-11(4-2)15-20-21-16(25-15)19-14(22)9-10-18-26(23,24)13-7-5-12(17)6-8-13/h5-8,11,18H,3-4,9-10H2,1-2H3,(H,19,21,22). The number of hydrogen-bond donors (Lipinski definition) is 2. The first-order valence-electron chi connectivity index (χ1n) is 8.24. The summed E-state index contributed by atoms with van der Waals surface area (Å²) in [5.74, 6) is -0.562. The van der Waals surface area contributed by atoms with Crippen molar-refractivity contribution in [1.82, 2.24) is 14.9 Å². The number of amides is 1. The van der Waals surface area contributed by atoms with Crippen LogP contribution in [0.15, 0.2) is 29.2 Å². The number of hydrogen-bond acceptors (Lipinski definition) is 6. The van der Waals surface area contributed by atoms with Gasteiger partial charge in [-0.25, -0.2) is 17.5 Å². The lowest BCUT2D eigenvalue weighted by Crippen LogP contribution is -2.27. The zero-order valence-corrected chi connectivity index (χ0v) is 16.2. The smallest absolute Gasteiger partial charge is 0.240 e. The van der Waals surface area contributed by atoms with Gasteiger partial charge in [0.25, 0.3) is 0 Å². The van der Waals surface area contributed by atoms with E-state index in [9.17, 15) is 17.6 Å². The number of nitrogens with one attached hydrogen (secondary N) is 2. The number of aromatic nitrogens is 2. The Balaban J connectivity index is 1.84. The fraction of sp³-hybridized carbons (Fsp3) is 0.438. The van der Waals surface area contributed by atoms with E-state index in [-0.39, 0.29) is 23.8 Å². The van der Waals surface area contributed by atoms with E-state index in [2.05, 4.69) is 34.1 Å². The Morgan fingerprint density at radius 2 is 1.85 bits per heavy atom. The third kappa shape index (κ3) is 5.55. The molecular formula is C16H21FN4O3S2. The van der Waals surface area contributed by atoms with E-state index in [0.717, 1.165) is 30.0 Å². The van der Waals surface area contributed by atoms with Crippen molar-refractivity contribution in [3.63, 3.8) is 0 Å². The fourth-order valence-electron chi connectivity index (χ4n) is 2.27. The van der Waals surface area contributed by atoms with Gasteiger partial charge < -0.3 is 5.32 Å². The van der Waals surface area contributed by atoms with Crippen LogP contribution in [0.2, 0.25) is 0 Å². The molecule has 0 radical (unpaired) electrons. The van der Waals surface area contributed by atoms with Crippen molar-refractivity contribution in [3.05, 3.63) is 35.1 Å². The first-order valence-corrected chi connectivity index (χ1v) is 10.5. The van der Waals surface area contributed by atoms with Crippen LogP contribution >= 0.6 is 11.3 Å². The van der Waals surface area contributed by atoms with Crippen LogP contribution in [0.3, 0.4) is 0 Å². The molecule has 0 aliphatic carbocycles. The van der Waals surface area contributed by atoms with E-state index in [1.54, 1.807) is 0 Å². The highest BCUT2D eigenvalue weighted by Crippen LogP contribution is 2.28. The Bertz CT molecular complexity index is 833. The van der Waals surface area contributed by atoms with Gasteiger partial charge in [-0.15, -0.1) is 10.2 Å². The zero-order valence-electron chi connectivity index (χ0n) is 14.5. The van der Waals surface area contributed by atoms with Crippen LogP contribution in [-0.2, 0) is 14.8 Å². The van der Waals surface area contributed by atoms with Gasteiger partial charge in [-0.05, 0) is 37.1 Å². The minimum Gasteiger partial charge on any atom is -0.300 e. The number of rotatable bonds is 9. The molecule has 0 spiro atoms. The molecule has 10 heteroatoms. The van der Waals surface area contributed by atoms with Crippen molar-refractivity contribution in [3.8, 4) is 0 Å².